The third-order valence-electron chi connectivity index (χ3n) is 3.97. The summed E-state index contributed by atoms with van der Waals surface area (Å²) in [7, 11) is 1.83. The van der Waals surface area contributed by atoms with Crippen LogP contribution in [-0.2, 0) is 13.6 Å². The standard InChI is InChI=1S/C14H19N3OS.ClH/c1-16-12-3-2-10(6-13(12)19-14(16)18)8-17-5-4-11(7-15)9-17;/h2-3,6,11H,4-5,7-9,15H2,1H3;1H. The average molecular weight is 314 g/mol. The Morgan fingerprint density at radius 1 is 1.45 bits per heavy atom. The summed E-state index contributed by atoms with van der Waals surface area (Å²) >= 11 is 1.32. The van der Waals surface area contributed by atoms with Gasteiger partial charge in [-0.3, -0.25) is 9.69 Å². The van der Waals surface area contributed by atoms with Crippen LogP contribution in [0, 0.1) is 5.92 Å². The molecule has 1 unspecified atom stereocenters. The number of benzene rings is 1. The molecule has 0 amide bonds. The van der Waals surface area contributed by atoms with Crippen molar-refractivity contribution in [3.63, 3.8) is 0 Å². The number of hydrogen-bond donors (Lipinski definition) is 1. The Morgan fingerprint density at radius 3 is 2.95 bits per heavy atom. The highest BCUT2D eigenvalue weighted by Crippen LogP contribution is 2.22. The van der Waals surface area contributed by atoms with Crippen molar-refractivity contribution in [3.8, 4) is 0 Å². The zero-order valence-electron chi connectivity index (χ0n) is 11.5. The van der Waals surface area contributed by atoms with Crippen molar-refractivity contribution in [2.24, 2.45) is 18.7 Å². The SMILES string of the molecule is Cl.Cn1c(=O)sc2cc(CN3CCC(CN)C3)ccc21. The van der Waals surface area contributed by atoms with Crippen molar-refractivity contribution in [3.05, 3.63) is 33.4 Å². The number of aryl methyl sites for hydroxylation is 1. The van der Waals surface area contributed by atoms with Gasteiger partial charge in [0.25, 0.3) is 0 Å². The molecule has 110 valence electrons. The number of hydrogen-bond acceptors (Lipinski definition) is 4. The van der Waals surface area contributed by atoms with E-state index in [2.05, 4.69) is 23.1 Å². The van der Waals surface area contributed by atoms with Crippen LogP contribution >= 0.6 is 23.7 Å². The Bertz CT molecular complexity index is 651. The van der Waals surface area contributed by atoms with Crippen molar-refractivity contribution in [2.45, 2.75) is 13.0 Å². The number of rotatable bonds is 3. The van der Waals surface area contributed by atoms with Gasteiger partial charge in [0.2, 0.25) is 0 Å². The first-order valence-electron chi connectivity index (χ1n) is 6.68. The third-order valence-corrected chi connectivity index (χ3v) is 4.96. The molecule has 0 bridgehead atoms. The Morgan fingerprint density at radius 2 is 2.25 bits per heavy atom. The summed E-state index contributed by atoms with van der Waals surface area (Å²) in [5, 5.41) is 0. The Kier molecular flexibility index (Phi) is 4.86. The lowest BCUT2D eigenvalue weighted by atomic mass is 10.1. The van der Waals surface area contributed by atoms with Crippen LogP contribution < -0.4 is 10.6 Å². The van der Waals surface area contributed by atoms with E-state index in [-0.39, 0.29) is 17.3 Å². The second-order valence-electron chi connectivity index (χ2n) is 5.35. The van der Waals surface area contributed by atoms with E-state index >= 15 is 0 Å². The van der Waals surface area contributed by atoms with Crippen LogP contribution in [0.15, 0.2) is 23.0 Å². The number of likely N-dealkylation sites (tertiary alicyclic amines) is 1. The maximum absolute atomic E-state index is 11.6. The number of fused-ring (bicyclic) bond motifs is 1. The van der Waals surface area contributed by atoms with Crippen LogP contribution in [-0.4, -0.2) is 29.1 Å². The lowest BCUT2D eigenvalue weighted by Crippen LogP contribution is -2.22. The minimum Gasteiger partial charge on any atom is -0.330 e. The topological polar surface area (TPSA) is 51.3 Å². The maximum Gasteiger partial charge on any atom is 0.307 e. The van der Waals surface area contributed by atoms with Gasteiger partial charge in [0, 0.05) is 20.1 Å². The summed E-state index contributed by atoms with van der Waals surface area (Å²) in [6.45, 7) is 3.97. The van der Waals surface area contributed by atoms with Gasteiger partial charge < -0.3 is 10.3 Å². The van der Waals surface area contributed by atoms with E-state index < -0.39 is 0 Å². The van der Waals surface area contributed by atoms with E-state index in [1.54, 1.807) is 4.57 Å². The monoisotopic (exact) mass is 313 g/mol. The van der Waals surface area contributed by atoms with Gasteiger partial charge >= 0.3 is 4.87 Å². The van der Waals surface area contributed by atoms with E-state index in [9.17, 15) is 4.79 Å². The molecule has 2 N–H and O–H groups in total. The lowest BCUT2D eigenvalue weighted by Gasteiger charge is -2.15. The molecule has 1 aliphatic heterocycles. The molecule has 0 aliphatic carbocycles. The van der Waals surface area contributed by atoms with Crippen molar-refractivity contribution >= 4 is 34.0 Å². The molecule has 1 aromatic heterocycles. The maximum atomic E-state index is 11.6. The first-order valence-corrected chi connectivity index (χ1v) is 7.50. The predicted molar refractivity (Wildman–Crippen MR) is 86.8 cm³/mol. The fourth-order valence-corrected chi connectivity index (χ4v) is 3.73. The zero-order chi connectivity index (χ0) is 13.4. The Labute approximate surface area is 128 Å². The molecule has 3 rings (SSSR count). The fraction of sp³-hybridized carbons (Fsp3) is 0.500. The molecule has 0 spiro atoms. The summed E-state index contributed by atoms with van der Waals surface area (Å²) in [5.41, 5.74) is 8.03. The number of nitrogens with zero attached hydrogens (tertiary/aromatic N) is 2. The van der Waals surface area contributed by atoms with Crippen LogP contribution in [0.25, 0.3) is 10.2 Å². The van der Waals surface area contributed by atoms with Gasteiger partial charge in [0.05, 0.1) is 10.2 Å². The summed E-state index contributed by atoms with van der Waals surface area (Å²) < 4.78 is 2.80. The molecule has 0 saturated carbocycles. The normalized spacial score (nSPS) is 19.4. The highest BCUT2D eigenvalue weighted by atomic mass is 35.5. The van der Waals surface area contributed by atoms with Crippen molar-refractivity contribution in [1.82, 2.24) is 9.47 Å². The third kappa shape index (κ3) is 2.91. The molecule has 1 aromatic carbocycles. The Hall–Kier alpha value is -0.880. The molecular weight excluding hydrogens is 294 g/mol. The first kappa shape index (κ1) is 15.5. The van der Waals surface area contributed by atoms with Gasteiger partial charge in [0.15, 0.2) is 0 Å². The average Bonchev–Trinajstić information content (AvgIpc) is 2.96. The molecule has 1 fully saturated rings. The summed E-state index contributed by atoms with van der Waals surface area (Å²) in [4.78, 5) is 14.2. The smallest absolute Gasteiger partial charge is 0.307 e. The molecule has 1 aliphatic rings. The van der Waals surface area contributed by atoms with E-state index in [1.807, 2.05) is 7.05 Å². The summed E-state index contributed by atoms with van der Waals surface area (Å²) in [6, 6.07) is 6.33. The molecule has 4 nitrogen and oxygen atoms in total. The van der Waals surface area contributed by atoms with Crippen LogP contribution in [0.3, 0.4) is 0 Å². The molecule has 20 heavy (non-hydrogen) atoms. The molecule has 1 saturated heterocycles. The van der Waals surface area contributed by atoms with Crippen LogP contribution in [0.5, 0.6) is 0 Å². The van der Waals surface area contributed by atoms with Gasteiger partial charge in [0.1, 0.15) is 0 Å². The van der Waals surface area contributed by atoms with Crippen molar-refractivity contribution in [2.75, 3.05) is 19.6 Å². The molecule has 6 heteroatoms. The van der Waals surface area contributed by atoms with Crippen molar-refractivity contribution < 1.29 is 0 Å². The van der Waals surface area contributed by atoms with Gasteiger partial charge in [-0.1, -0.05) is 17.4 Å². The number of aromatic nitrogens is 1. The fourth-order valence-electron chi connectivity index (χ4n) is 2.78. The highest BCUT2D eigenvalue weighted by molar-refractivity contribution is 7.16. The van der Waals surface area contributed by atoms with Crippen molar-refractivity contribution in [1.29, 1.82) is 0 Å². The van der Waals surface area contributed by atoms with E-state index in [4.69, 9.17) is 5.73 Å². The lowest BCUT2D eigenvalue weighted by molar-refractivity contribution is 0.318. The quantitative estimate of drug-likeness (QED) is 0.940. The summed E-state index contributed by atoms with van der Waals surface area (Å²) in [6.07, 6.45) is 1.21. The second-order valence-corrected chi connectivity index (χ2v) is 6.35. The van der Waals surface area contributed by atoms with E-state index in [0.717, 1.165) is 36.4 Å². The van der Waals surface area contributed by atoms with Crippen LogP contribution in [0.2, 0.25) is 0 Å². The number of thiazole rings is 1. The summed E-state index contributed by atoms with van der Waals surface area (Å²) in [5.74, 6) is 0.650. The minimum absolute atomic E-state index is 0. The predicted octanol–water partition coefficient (Wildman–Crippen LogP) is 1.80. The Balaban J connectivity index is 0.00000147. The van der Waals surface area contributed by atoms with Gasteiger partial charge in [-0.2, -0.15) is 0 Å². The van der Waals surface area contributed by atoms with E-state index in [0.29, 0.717) is 5.92 Å². The van der Waals surface area contributed by atoms with Gasteiger partial charge in [-0.15, -0.1) is 12.4 Å². The second kappa shape index (κ2) is 6.26. The molecule has 2 aromatic rings. The largest absolute Gasteiger partial charge is 0.330 e. The number of nitrogens with two attached hydrogens (primary N) is 1. The molecule has 1 atom stereocenters. The first-order chi connectivity index (χ1) is 9.17. The molecule has 2 heterocycles. The number of halogens is 1. The highest BCUT2D eigenvalue weighted by Gasteiger charge is 2.21. The van der Waals surface area contributed by atoms with Gasteiger partial charge in [-0.05, 0) is 43.1 Å². The molecular formula is C14H20ClN3OS. The van der Waals surface area contributed by atoms with Crippen LogP contribution in [0.1, 0.15) is 12.0 Å². The van der Waals surface area contributed by atoms with Crippen LogP contribution in [0.4, 0.5) is 0 Å². The van der Waals surface area contributed by atoms with E-state index in [1.165, 1.54) is 23.3 Å². The zero-order valence-corrected chi connectivity index (χ0v) is 13.2. The minimum atomic E-state index is 0. The molecule has 0 radical (unpaired) electrons. The van der Waals surface area contributed by atoms with Gasteiger partial charge in [-0.25, -0.2) is 0 Å².